The Morgan fingerprint density at radius 1 is 1.00 bits per heavy atom. The molecule has 0 bridgehead atoms. The van der Waals surface area contributed by atoms with Gasteiger partial charge in [-0.05, 0) is 58.2 Å². The molecule has 1 unspecified atom stereocenters. The van der Waals surface area contributed by atoms with Crippen LogP contribution in [-0.2, 0) is 16.1 Å². The Kier molecular flexibility index (Phi) is 8.10. The van der Waals surface area contributed by atoms with E-state index in [9.17, 15) is 19.2 Å². The fraction of sp³-hybridized carbons (Fsp3) is 0.429. The molecular formula is C28H35N3O4. The summed E-state index contributed by atoms with van der Waals surface area (Å²) < 4.78 is 0. The van der Waals surface area contributed by atoms with E-state index in [-0.39, 0.29) is 36.6 Å². The summed E-state index contributed by atoms with van der Waals surface area (Å²) in [6.45, 7) is 10.1. The number of fused-ring (bicyclic) bond motifs is 1. The molecule has 0 spiro atoms. The molecule has 0 fully saturated rings. The van der Waals surface area contributed by atoms with E-state index in [1.54, 1.807) is 29.2 Å². The van der Waals surface area contributed by atoms with Gasteiger partial charge < -0.3 is 10.2 Å². The molecule has 2 aromatic rings. The van der Waals surface area contributed by atoms with Crippen molar-refractivity contribution in [3.05, 3.63) is 70.8 Å². The quantitative estimate of drug-likeness (QED) is 0.551. The summed E-state index contributed by atoms with van der Waals surface area (Å²) in [7, 11) is 0. The Labute approximate surface area is 207 Å². The minimum Gasteiger partial charge on any atom is -0.350 e. The fourth-order valence-corrected chi connectivity index (χ4v) is 4.35. The maximum absolute atomic E-state index is 13.4. The van der Waals surface area contributed by atoms with Crippen LogP contribution in [0.1, 0.15) is 78.8 Å². The monoisotopic (exact) mass is 477 g/mol. The van der Waals surface area contributed by atoms with E-state index < -0.39 is 11.6 Å². The molecule has 35 heavy (non-hydrogen) atoms. The Hall–Kier alpha value is -3.48. The first-order valence-corrected chi connectivity index (χ1v) is 12.1. The van der Waals surface area contributed by atoms with Gasteiger partial charge in [0.1, 0.15) is 6.04 Å². The Morgan fingerprint density at radius 2 is 1.63 bits per heavy atom. The number of carbonyl (C=O) groups is 4. The molecule has 7 nitrogen and oxygen atoms in total. The molecule has 0 saturated carbocycles. The predicted octanol–water partition coefficient (Wildman–Crippen LogP) is 4.09. The van der Waals surface area contributed by atoms with Gasteiger partial charge in [0.2, 0.25) is 11.8 Å². The maximum atomic E-state index is 13.4. The lowest BCUT2D eigenvalue weighted by Gasteiger charge is -2.33. The van der Waals surface area contributed by atoms with Crippen LogP contribution in [0.25, 0.3) is 0 Å². The second-order valence-electron chi connectivity index (χ2n) is 10.1. The van der Waals surface area contributed by atoms with Crippen molar-refractivity contribution in [2.45, 2.75) is 72.0 Å². The van der Waals surface area contributed by atoms with E-state index in [0.717, 1.165) is 11.1 Å². The zero-order chi connectivity index (χ0) is 25.8. The predicted molar refractivity (Wildman–Crippen MR) is 135 cm³/mol. The van der Waals surface area contributed by atoms with Gasteiger partial charge in [-0.2, -0.15) is 0 Å². The van der Waals surface area contributed by atoms with Crippen molar-refractivity contribution in [2.24, 2.45) is 0 Å². The molecule has 3 rings (SSSR count). The second kappa shape index (κ2) is 10.8. The second-order valence-corrected chi connectivity index (χ2v) is 10.1. The maximum Gasteiger partial charge on any atom is 0.261 e. The summed E-state index contributed by atoms with van der Waals surface area (Å²) in [5.74, 6) is -1.03. The van der Waals surface area contributed by atoms with Crippen LogP contribution < -0.4 is 5.32 Å². The lowest BCUT2D eigenvalue weighted by atomic mass is 10.0. The number of imide groups is 1. The first-order chi connectivity index (χ1) is 16.5. The first kappa shape index (κ1) is 26.1. The van der Waals surface area contributed by atoms with Gasteiger partial charge in [-0.15, -0.1) is 0 Å². The van der Waals surface area contributed by atoms with Crippen molar-refractivity contribution < 1.29 is 19.2 Å². The van der Waals surface area contributed by atoms with Gasteiger partial charge in [0.25, 0.3) is 11.8 Å². The normalized spacial score (nSPS) is 14.0. The van der Waals surface area contributed by atoms with Crippen LogP contribution in [0.5, 0.6) is 0 Å². The van der Waals surface area contributed by atoms with E-state index in [4.69, 9.17) is 0 Å². The van der Waals surface area contributed by atoms with Crippen molar-refractivity contribution >= 4 is 23.6 Å². The number of aryl methyl sites for hydroxylation is 1. The number of nitrogens with zero attached hydrogens (tertiary/aromatic N) is 2. The van der Waals surface area contributed by atoms with E-state index in [2.05, 4.69) is 5.32 Å². The van der Waals surface area contributed by atoms with Gasteiger partial charge in [-0.1, -0.05) is 48.9 Å². The molecule has 0 aliphatic carbocycles. The zero-order valence-corrected chi connectivity index (χ0v) is 21.3. The molecule has 0 aromatic heterocycles. The Morgan fingerprint density at radius 3 is 2.17 bits per heavy atom. The van der Waals surface area contributed by atoms with Crippen molar-refractivity contribution in [1.82, 2.24) is 15.1 Å². The molecule has 1 N–H and O–H groups in total. The van der Waals surface area contributed by atoms with Gasteiger partial charge in [-0.25, -0.2) is 0 Å². The smallest absolute Gasteiger partial charge is 0.261 e. The fourth-order valence-electron chi connectivity index (χ4n) is 4.35. The SMILES string of the molecule is CCC(C(=O)NC(C)(C)C)N(Cc1cccc(C)c1)C(=O)CCCN1C(=O)c2ccccc2C1=O. The third kappa shape index (κ3) is 6.35. The Balaban J connectivity index is 1.73. The minimum atomic E-state index is -0.624. The average molecular weight is 478 g/mol. The number of benzene rings is 2. The third-order valence-corrected chi connectivity index (χ3v) is 5.97. The molecule has 2 aromatic carbocycles. The summed E-state index contributed by atoms with van der Waals surface area (Å²) >= 11 is 0. The summed E-state index contributed by atoms with van der Waals surface area (Å²) in [6, 6.07) is 14.0. The average Bonchev–Trinajstić information content (AvgIpc) is 3.03. The van der Waals surface area contributed by atoms with Crippen LogP contribution in [0.15, 0.2) is 48.5 Å². The number of hydrogen-bond acceptors (Lipinski definition) is 4. The number of carbonyl (C=O) groups excluding carboxylic acids is 4. The lowest BCUT2D eigenvalue weighted by Crippen LogP contribution is -2.53. The van der Waals surface area contributed by atoms with Crippen LogP contribution in [0.2, 0.25) is 0 Å². The molecule has 0 radical (unpaired) electrons. The highest BCUT2D eigenvalue weighted by Crippen LogP contribution is 2.23. The molecule has 1 atom stereocenters. The molecule has 1 aliphatic rings. The molecule has 186 valence electrons. The third-order valence-electron chi connectivity index (χ3n) is 5.97. The molecule has 1 aliphatic heterocycles. The number of hydrogen-bond donors (Lipinski definition) is 1. The van der Waals surface area contributed by atoms with E-state index in [0.29, 0.717) is 30.5 Å². The summed E-state index contributed by atoms with van der Waals surface area (Å²) in [5.41, 5.74) is 2.40. The van der Waals surface area contributed by atoms with E-state index >= 15 is 0 Å². The minimum absolute atomic E-state index is 0.124. The zero-order valence-electron chi connectivity index (χ0n) is 21.3. The number of nitrogens with one attached hydrogen (secondary N) is 1. The molecule has 0 saturated heterocycles. The highest BCUT2D eigenvalue weighted by Gasteiger charge is 2.35. The van der Waals surface area contributed by atoms with Crippen LogP contribution in [0.4, 0.5) is 0 Å². The van der Waals surface area contributed by atoms with Crippen molar-refractivity contribution in [1.29, 1.82) is 0 Å². The van der Waals surface area contributed by atoms with Crippen molar-refractivity contribution in [2.75, 3.05) is 6.54 Å². The number of amides is 4. The topological polar surface area (TPSA) is 86.8 Å². The molecular weight excluding hydrogens is 442 g/mol. The lowest BCUT2D eigenvalue weighted by molar-refractivity contribution is -0.142. The van der Waals surface area contributed by atoms with Gasteiger partial charge in [0.15, 0.2) is 0 Å². The standard InChI is InChI=1S/C28H35N3O4/c1-6-23(25(33)29-28(3,4)5)31(18-20-12-9-11-19(2)17-20)24(32)15-10-16-30-26(34)21-13-7-8-14-22(21)27(30)35/h7-9,11-14,17,23H,6,10,15-16,18H2,1-5H3,(H,29,33). The van der Waals surface area contributed by atoms with Crippen LogP contribution >= 0.6 is 0 Å². The summed E-state index contributed by atoms with van der Waals surface area (Å²) in [4.78, 5) is 54.6. The highest BCUT2D eigenvalue weighted by atomic mass is 16.2. The van der Waals surface area contributed by atoms with Crippen LogP contribution in [-0.4, -0.2) is 51.6 Å². The molecule has 7 heteroatoms. The number of rotatable bonds is 9. The van der Waals surface area contributed by atoms with Gasteiger partial charge >= 0.3 is 0 Å². The van der Waals surface area contributed by atoms with E-state index in [1.807, 2.05) is 58.9 Å². The highest BCUT2D eigenvalue weighted by molar-refractivity contribution is 6.21. The Bertz CT molecular complexity index is 1080. The van der Waals surface area contributed by atoms with Crippen molar-refractivity contribution in [3.63, 3.8) is 0 Å². The van der Waals surface area contributed by atoms with Crippen LogP contribution in [0.3, 0.4) is 0 Å². The van der Waals surface area contributed by atoms with Crippen LogP contribution in [0, 0.1) is 6.92 Å². The summed E-state index contributed by atoms with van der Waals surface area (Å²) in [6.07, 6.45) is 0.919. The van der Waals surface area contributed by atoms with Gasteiger partial charge in [0.05, 0.1) is 11.1 Å². The largest absolute Gasteiger partial charge is 0.350 e. The van der Waals surface area contributed by atoms with Gasteiger partial charge in [-0.3, -0.25) is 24.1 Å². The van der Waals surface area contributed by atoms with Gasteiger partial charge in [0, 0.05) is 25.0 Å². The molecule has 4 amide bonds. The molecule has 1 heterocycles. The van der Waals surface area contributed by atoms with Crippen molar-refractivity contribution in [3.8, 4) is 0 Å². The first-order valence-electron chi connectivity index (χ1n) is 12.1. The van der Waals surface area contributed by atoms with E-state index in [1.165, 1.54) is 4.90 Å². The summed E-state index contributed by atoms with van der Waals surface area (Å²) in [5, 5.41) is 2.99.